The molecule has 0 radical (unpaired) electrons. The molecule has 0 unspecified atom stereocenters. The maximum absolute atomic E-state index is 11.7. The van der Waals surface area contributed by atoms with Crippen molar-refractivity contribution >= 4 is 23.4 Å². The Labute approximate surface area is 116 Å². The van der Waals surface area contributed by atoms with Crippen molar-refractivity contribution in [1.29, 1.82) is 0 Å². The summed E-state index contributed by atoms with van der Waals surface area (Å²) >= 11 is 1.11. The Balaban J connectivity index is 2.01. The molecule has 1 heterocycles. The minimum atomic E-state index is -0.735. The largest absolute Gasteiger partial charge is 0.481 e. The summed E-state index contributed by atoms with van der Waals surface area (Å²) in [4.78, 5) is 22.6. The first-order valence-corrected chi connectivity index (χ1v) is 7.17. The Morgan fingerprint density at radius 2 is 1.89 bits per heavy atom. The summed E-state index contributed by atoms with van der Waals surface area (Å²) in [7, 11) is 0. The smallest absolute Gasteiger partial charge is 0.303 e. The van der Waals surface area contributed by atoms with Crippen LogP contribution in [-0.4, -0.2) is 33.1 Å². The second-order valence-electron chi connectivity index (χ2n) is 4.35. The number of hydrogen-bond donors (Lipinski definition) is 2. The van der Waals surface area contributed by atoms with Crippen LogP contribution < -0.4 is 5.32 Å². The monoisotopic (exact) mass is 285 g/mol. The molecule has 0 saturated carbocycles. The highest BCUT2D eigenvalue weighted by Crippen LogP contribution is 2.09. The molecule has 6 nitrogen and oxygen atoms in total. The maximum atomic E-state index is 11.7. The quantitative estimate of drug-likeness (QED) is 0.677. The molecule has 0 aliphatic heterocycles. The molecular weight excluding hydrogens is 266 g/mol. The van der Waals surface area contributed by atoms with Gasteiger partial charge in [0.15, 0.2) is 0 Å². The molecule has 0 aliphatic carbocycles. The fraction of sp³-hybridized carbons (Fsp3) is 0.667. The Morgan fingerprint density at radius 1 is 1.21 bits per heavy atom. The first-order valence-electron chi connectivity index (χ1n) is 6.40. The summed E-state index contributed by atoms with van der Waals surface area (Å²) in [5.41, 5.74) is 0.663. The second kappa shape index (κ2) is 8.58. The normalized spacial score (nSPS) is 10.4. The molecule has 1 rings (SSSR count). The van der Waals surface area contributed by atoms with Crippen molar-refractivity contribution in [3.05, 3.63) is 10.6 Å². The summed E-state index contributed by atoms with van der Waals surface area (Å²) < 4.78 is 3.72. The second-order valence-corrected chi connectivity index (χ2v) is 5.11. The number of carboxylic acids is 1. The van der Waals surface area contributed by atoms with E-state index in [1.165, 1.54) is 0 Å². The molecular formula is C12H19N3O3S. The van der Waals surface area contributed by atoms with Crippen LogP contribution in [0, 0.1) is 6.92 Å². The van der Waals surface area contributed by atoms with Crippen LogP contribution in [0.3, 0.4) is 0 Å². The Kier molecular flexibility index (Phi) is 7.02. The highest BCUT2D eigenvalue weighted by Gasteiger charge is 2.11. The van der Waals surface area contributed by atoms with E-state index in [4.69, 9.17) is 5.11 Å². The number of aliphatic carboxylic acids is 1. The van der Waals surface area contributed by atoms with E-state index >= 15 is 0 Å². The van der Waals surface area contributed by atoms with Crippen LogP contribution in [0.2, 0.25) is 0 Å². The van der Waals surface area contributed by atoms with E-state index < -0.39 is 5.97 Å². The third kappa shape index (κ3) is 6.28. The zero-order valence-corrected chi connectivity index (χ0v) is 11.8. The predicted molar refractivity (Wildman–Crippen MR) is 72.3 cm³/mol. The van der Waals surface area contributed by atoms with E-state index in [2.05, 4.69) is 14.9 Å². The number of amides is 1. The summed E-state index contributed by atoms with van der Waals surface area (Å²) in [5, 5.41) is 15.1. The molecule has 1 amide bonds. The molecule has 0 saturated heterocycles. The third-order valence-corrected chi connectivity index (χ3v) is 3.54. The van der Waals surface area contributed by atoms with Crippen molar-refractivity contribution in [2.75, 3.05) is 6.54 Å². The van der Waals surface area contributed by atoms with Crippen LogP contribution in [0.15, 0.2) is 0 Å². The molecule has 0 aliphatic rings. The lowest BCUT2D eigenvalue weighted by Gasteiger charge is -2.03. The average molecular weight is 285 g/mol. The Hall–Kier alpha value is -1.50. The van der Waals surface area contributed by atoms with Crippen LogP contribution in [0.4, 0.5) is 0 Å². The summed E-state index contributed by atoms with van der Waals surface area (Å²) in [6, 6.07) is 0. The van der Waals surface area contributed by atoms with E-state index in [1.54, 1.807) is 6.92 Å². The van der Waals surface area contributed by atoms with Crippen molar-refractivity contribution in [3.8, 4) is 0 Å². The van der Waals surface area contributed by atoms with Crippen molar-refractivity contribution in [2.24, 2.45) is 0 Å². The van der Waals surface area contributed by atoms with Gasteiger partial charge in [-0.3, -0.25) is 9.59 Å². The maximum Gasteiger partial charge on any atom is 0.303 e. The standard InChI is InChI=1S/C12H19N3O3S/c1-9-11(19-15-14-9)12(18)13-8-6-4-2-3-5-7-10(16)17/h2-8H2,1H3,(H,13,18)(H,16,17). The van der Waals surface area contributed by atoms with Crippen molar-refractivity contribution in [1.82, 2.24) is 14.9 Å². The molecule has 1 aromatic heterocycles. The topological polar surface area (TPSA) is 92.2 Å². The van der Waals surface area contributed by atoms with Gasteiger partial charge in [-0.05, 0) is 31.3 Å². The number of hydrogen-bond acceptors (Lipinski definition) is 5. The van der Waals surface area contributed by atoms with E-state index in [-0.39, 0.29) is 12.3 Å². The molecule has 19 heavy (non-hydrogen) atoms. The number of aryl methyl sites for hydroxylation is 1. The minimum Gasteiger partial charge on any atom is -0.481 e. The van der Waals surface area contributed by atoms with E-state index in [1.807, 2.05) is 0 Å². The summed E-state index contributed by atoms with van der Waals surface area (Å²) in [5.74, 6) is -0.848. The van der Waals surface area contributed by atoms with Gasteiger partial charge in [-0.2, -0.15) is 0 Å². The fourth-order valence-electron chi connectivity index (χ4n) is 1.65. The van der Waals surface area contributed by atoms with E-state index in [0.29, 0.717) is 17.1 Å². The molecule has 0 fully saturated rings. The molecule has 2 N–H and O–H groups in total. The molecule has 1 aromatic rings. The summed E-state index contributed by atoms with van der Waals surface area (Å²) in [6.45, 7) is 2.40. The minimum absolute atomic E-state index is 0.113. The number of nitrogens with one attached hydrogen (secondary N) is 1. The SMILES string of the molecule is Cc1nnsc1C(=O)NCCCCCCCC(=O)O. The predicted octanol–water partition coefficient (Wildman–Crippen LogP) is 2.00. The molecule has 106 valence electrons. The zero-order chi connectivity index (χ0) is 14.1. The lowest BCUT2D eigenvalue weighted by atomic mass is 10.1. The van der Waals surface area contributed by atoms with Gasteiger partial charge in [0, 0.05) is 13.0 Å². The van der Waals surface area contributed by atoms with Gasteiger partial charge in [-0.1, -0.05) is 23.8 Å². The van der Waals surface area contributed by atoms with Gasteiger partial charge in [0.1, 0.15) is 4.88 Å². The number of nitrogens with zero attached hydrogens (tertiary/aromatic N) is 2. The Morgan fingerprint density at radius 3 is 2.53 bits per heavy atom. The lowest BCUT2D eigenvalue weighted by Crippen LogP contribution is -2.24. The van der Waals surface area contributed by atoms with Crippen molar-refractivity contribution in [2.45, 2.75) is 45.4 Å². The molecule has 0 atom stereocenters. The van der Waals surface area contributed by atoms with E-state index in [9.17, 15) is 9.59 Å². The Bertz CT molecular complexity index is 420. The van der Waals surface area contributed by atoms with Crippen LogP contribution in [0.1, 0.15) is 53.9 Å². The van der Waals surface area contributed by atoms with Crippen LogP contribution in [0.5, 0.6) is 0 Å². The van der Waals surface area contributed by atoms with Gasteiger partial charge >= 0.3 is 5.97 Å². The van der Waals surface area contributed by atoms with Gasteiger partial charge in [-0.25, -0.2) is 0 Å². The highest BCUT2D eigenvalue weighted by atomic mass is 32.1. The lowest BCUT2D eigenvalue weighted by molar-refractivity contribution is -0.137. The van der Waals surface area contributed by atoms with Crippen LogP contribution in [0.25, 0.3) is 0 Å². The average Bonchev–Trinajstić information content (AvgIpc) is 2.78. The molecule has 7 heteroatoms. The number of unbranched alkanes of at least 4 members (excludes halogenated alkanes) is 4. The van der Waals surface area contributed by atoms with Crippen LogP contribution in [-0.2, 0) is 4.79 Å². The van der Waals surface area contributed by atoms with Crippen LogP contribution >= 0.6 is 11.5 Å². The van der Waals surface area contributed by atoms with Gasteiger partial charge < -0.3 is 10.4 Å². The van der Waals surface area contributed by atoms with Gasteiger partial charge in [0.05, 0.1) is 5.69 Å². The fourth-order valence-corrected chi connectivity index (χ4v) is 2.23. The number of carboxylic acid groups (broad SMARTS) is 1. The number of aromatic nitrogens is 2. The first-order chi connectivity index (χ1) is 9.11. The van der Waals surface area contributed by atoms with Gasteiger partial charge in [0.2, 0.25) is 0 Å². The number of carbonyl (C=O) groups excluding carboxylic acids is 1. The van der Waals surface area contributed by atoms with Gasteiger partial charge in [0.25, 0.3) is 5.91 Å². The molecule has 0 spiro atoms. The van der Waals surface area contributed by atoms with Crippen molar-refractivity contribution in [3.63, 3.8) is 0 Å². The van der Waals surface area contributed by atoms with Crippen molar-refractivity contribution < 1.29 is 14.7 Å². The first kappa shape index (κ1) is 15.6. The molecule has 0 bridgehead atoms. The van der Waals surface area contributed by atoms with Gasteiger partial charge in [-0.15, -0.1) is 5.10 Å². The summed E-state index contributed by atoms with van der Waals surface area (Å²) in [6.07, 6.45) is 4.81. The number of carbonyl (C=O) groups is 2. The highest BCUT2D eigenvalue weighted by molar-refractivity contribution is 7.07. The third-order valence-electron chi connectivity index (χ3n) is 2.71. The number of rotatable bonds is 9. The zero-order valence-electron chi connectivity index (χ0n) is 11.0. The van der Waals surface area contributed by atoms with E-state index in [0.717, 1.165) is 43.6 Å². The molecule has 0 aromatic carbocycles.